The quantitative estimate of drug-likeness (QED) is 0.741. The highest BCUT2D eigenvalue weighted by atomic mass is 79.9. The molecule has 2 heteroatoms. The molecule has 0 spiro atoms. The van der Waals surface area contributed by atoms with Crippen molar-refractivity contribution in [3.05, 3.63) is 33.3 Å². The predicted molar refractivity (Wildman–Crippen MR) is 63.0 cm³/mol. The number of benzene rings is 1. The lowest BCUT2D eigenvalue weighted by Crippen LogP contribution is -2.00. The monoisotopic (exact) mass is 252 g/mol. The summed E-state index contributed by atoms with van der Waals surface area (Å²) in [4.78, 5) is 0. The van der Waals surface area contributed by atoms with Crippen LogP contribution in [0.3, 0.4) is 0 Å². The lowest BCUT2D eigenvalue weighted by Gasteiger charge is -2.16. The topological polar surface area (TPSA) is 9.23 Å². The second kappa shape index (κ2) is 3.77. The Hall–Kier alpha value is -0.760. The number of methoxy groups -OCH3 is 1. The molecular weight excluding hydrogens is 240 g/mol. The minimum atomic E-state index is 0.944. The normalized spacial score (nSPS) is 14.6. The molecule has 0 amide bonds. The average Bonchev–Trinajstić information content (AvgIpc) is 2.16. The third-order valence-corrected chi connectivity index (χ3v) is 3.27. The molecule has 0 unspecified atom stereocenters. The maximum Gasteiger partial charge on any atom is 0.119 e. The fourth-order valence-electron chi connectivity index (χ4n) is 1.88. The number of rotatable bonds is 1. The maximum atomic E-state index is 5.25. The molecule has 0 heterocycles. The van der Waals surface area contributed by atoms with E-state index >= 15 is 0 Å². The Morgan fingerprint density at radius 1 is 1.29 bits per heavy atom. The molecule has 0 atom stereocenters. The molecule has 2 rings (SSSR count). The minimum Gasteiger partial charge on any atom is -0.497 e. The highest BCUT2D eigenvalue weighted by molar-refractivity contribution is 9.11. The zero-order chi connectivity index (χ0) is 10.1. The smallest absolute Gasteiger partial charge is 0.119 e. The Bertz CT molecular complexity index is 394. The molecule has 0 aliphatic heterocycles. The van der Waals surface area contributed by atoms with Gasteiger partial charge in [0.25, 0.3) is 0 Å². The first-order chi connectivity index (χ1) is 6.70. The summed E-state index contributed by atoms with van der Waals surface area (Å²) in [6.45, 7) is 2.15. The van der Waals surface area contributed by atoms with Crippen molar-refractivity contribution >= 4 is 22.0 Å². The van der Waals surface area contributed by atoms with E-state index in [0.29, 0.717) is 0 Å². The zero-order valence-electron chi connectivity index (χ0n) is 8.43. The number of ether oxygens (including phenoxy) is 1. The van der Waals surface area contributed by atoms with Crippen LogP contribution in [0.15, 0.2) is 16.6 Å². The van der Waals surface area contributed by atoms with Crippen LogP contribution in [0.25, 0.3) is 6.08 Å². The Morgan fingerprint density at radius 2 is 2.07 bits per heavy atom. The Kier molecular flexibility index (Phi) is 2.64. The molecular formula is C12H13BrO. The van der Waals surface area contributed by atoms with Crippen LogP contribution in [0.2, 0.25) is 0 Å². The fraction of sp³-hybridized carbons (Fsp3) is 0.333. The third-order valence-electron chi connectivity index (χ3n) is 2.64. The lowest BCUT2D eigenvalue weighted by molar-refractivity contribution is 0.414. The van der Waals surface area contributed by atoms with Crippen LogP contribution in [-0.2, 0) is 6.42 Å². The van der Waals surface area contributed by atoms with Gasteiger partial charge in [-0.1, -0.05) is 15.9 Å². The van der Waals surface area contributed by atoms with Crippen LogP contribution in [0, 0.1) is 6.92 Å². The van der Waals surface area contributed by atoms with Gasteiger partial charge in [-0.05, 0) is 59.1 Å². The zero-order valence-corrected chi connectivity index (χ0v) is 10.0. The molecule has 0 radical (unpaired) electrons. The first-order valence-electron chi connectivity index (χ1n) is 4.74. The van der Waals surface area contributed by atoms with Gasteiger partial charge in [-0.25, -0.2) is 0 Å². The van der Waals surface area contributed by atoms with Crippen LogP contribution in [0.1, 0.15) is 23.1 Å². The van der Waals surface area contributed by atoms with Gasteiger partial charge in [0.05, 0.1) is 7.11 Å². The van der Waals surface area contributed by atoms with Gasteiger partial charge in [0.15, 0.2) is 0 Å². The fourth-order valence-corrected chi connectivity index (χ4v) is 2.33. The van der Waals surface area contributed by atoms with Crippen molar-refractivity contribution < 1.29 is 4.74 Å². The molecule has 0 bridgehead atoms. The van der Waals surface area contributed by atoms with Crippen LogP contribution >= 0.6 is 15.9 Å². The van der Waals surface area contributed by atoms with Crippen molar-refractivity contribution in [3.63, 3.8) is 0 Å². The van der Waals surface area contributed by atoms with Gasteiger partial charge in [-0.2, -0.15) is 0 Å². The van der Waals surface area contributed by atoms with Gasteiger partial charge in [-0.15, -0.1) is 0 Å². The molecule has 1 aliphatic rings. The van der Waals surface area contributed by atoms with Gasteiger partial charge in [0.1, 0.15) is 5.75 Å². The van der Waals surface area contributed by atoms with E-state index in [1.807, 2.05) is 0 Å². The molecule has 0 N–H and O–H groups in total. The predicted octanol–water partition coefficient (Wildman–Crippen LogP) is 3.69. The Balaban J connectivity index is 2.55. The number of aryl methyl sites for hydroxylation is 1. The van der Waals surface area contributed by atoms with Crippen molar-refractivity contribution in [2.75, 3.05) is 7.11 Å². The van der Waals surface area contributed by atoms with Crippen LogP contribution in [0.4, 0.5) is 0 Å². The molecule has 14 heavy (non-hydrogen) atoms. The van der Waals surface area contributed by atoms with Gasteiger partial charge in [0.2, 0.25) is 0 Å². The van der Waals surface area contributed by atoms with Crippen molar-refractivity contribution in [2.24, 2.45) is 0 Å². The first kappa shape index (κ1) is 9.78. The van der Waals surface area contributed by atoms with E-state index < -0.39 is 0 Å². The van der Waals surface area contributed by atoms with E-state index in [2.05, 4.69) is 41.1 Å². The summed E-state index contributed by atoms with van der Waals surface area (Å²) < 4.78 is 6.53. The molecule has 1 aliphatic carbocycles. The van der Waals surface area contributed by atoms with Gasteiger partial charge in [0, 0.05) is 0 Å². The SMILES string of the molecule is COc1cc(C)c2c(c1)C=C(Br)CC2. The van der Waals surface area contributed by atoms with Crippen molar-refractivity contribution in [1.29, 1.82) is 0 Å². The highest BCUT2D eigenvalue weighted by Crippen LogP contribution is 2.32. The number of fused-ring (bicyclic) bond motifs is 1. The second-order valence-electron chi connectivity index (χ2n) is 3.60. The number of hydrogen-bond acceptors (Lipinski definition) is 1. The van der Waals surface area contributed by atoms with Crippen LogP contribution in [-0.4, -0.2) is 7.11 Å². The van der Waals surface area contributed by atoms with Crippen LogP contribution in [0.5, 0.6) is 5.75 Å². The number of halogens is 1. The summed E-state index contributed by atoms with van der Waals surface area (Å²) in [5.41, 5.74) is 4.07. The van der Waals surface area contributed by atoms with E-state index in [9.17, 15) is 0 Å². The van der Waals surface area contributed by atoms with Crippen molar-refractivity contribution in [1.82, 2.24) is 0 Å². The number of allylic oxidation sites excluding steroid dienone is 1. The van der Waals surface area contributed by atoms with E-state index in [1.165, 1.54) is 21.2 Å². The molecule has 0 saturated heterocycles. The number of hydrogen-bond donors (Lipinski definition) is 0. The van der Waals surface area contributed by atoms with Gasteiger partial charge in [-0.3, -0.25) is 0 Å². The van der Waals surface area contributed by atoms with E-state index in [1.54, 1.807) is 7.11 Å². The maximum absolute atomic E-state index is 5.25. The van der Waals surface area contributed by atoms with E-state index in [4.69, 9.17) is 4.74 Å². The van der Waals surface area contributed by atoms with E-state index in [-0.39, 0.29) is 0 Å². The molecule has 1 nitrogen and oxygen atoms in total. The molecule has 74 valence electrons. The molecule has 1 aromatic carbocycles. The minimum absolute atomic E-state index is 0.944. The standard InChI is InChI=1S/C12H13BrO/c1-8-5-11(14-2)7-9-6-10(13)3-4-12(8)9/h5-7H,3-4H2,1-2H3. The summed E-state index contributed by atoms with van der Waals surface area (Å²) in [6, 6.07) is 4.20. The first-order valence-corrected chi connectivity index (χ1v) is 5.53. The molecule has 0 saturated carbocycles. The van der Waals surface area contributed by atoms with E-state index in [0.717, 1.165) is 18.6 Å². The highest BCUT2D eigenvalue weighted by Gasteiger charge is 2.12. The third kappa shape index (κ3) is 1.71. The van der Waals surface area contributed by atoms with Crippen molar-refractivity contribution in [2.45, 2.75) is 19.8 Å². The van der Waals surface area contributed by atoms with Gasteiger partial charge >= 0.3 is 0 Å². The van der Waals surface area contributed by atoms with Gasteiger partial charge < -0.3 is 4.74 Å². The summed E-state index contributed by atoms with van der Waals surface area (Å²) in [6.07, 6.45) is 4.43. The molecule has 0 fully saturated rings. The Labute approximate surface area is 92.9 Å². The van der Waals surface area contributed by atoms with Crippen LogP contribution < -0.4 is 4.74 Å². The Morgan fingerprint density at radius 3 is 2.79 bits per heavy atom. The summed E-state index contributed by atoms with van der Waals surface area (Å²) >= 11 is 3.55. The molecule has 1 aromatic rings. The summed E-state index contributed by atoms with van der Waals surface area (Å²) in [5.74, 6) is 0.944. The average molecular weight is 253 g/mol. The van der Waals surface area contributed by atoms with Crippen molar-refractivity contribution in [3.8, 4) is 5.75 Å². The molecule has 0 aromatic heterocycles. The second-order valence-corrected chi connectivity index (χ2v) is 4.62. The summed E-state index contributed by atoms with van der Waals surface area (Å²) in [5, 5.41) is 0. The lowest BCUT2D eigenvalue weighted by atomic mass is 9.93. The largest absolute Gasteiger partial charge is 0.497 e. The summed E-state index contributed by atoms with van der Waals surface area (Å²) in [7, 11) is 1.71.